The molecule has 0 saturated carbocycles. The number of benzene rings is 1. The fourth-order valence-electron chi connectivity index (χ4n) is 1.33. The molecule has 0 aliphatic carbocycles. The fraction of sp³-hybridized carbons (Fsp3) is 0.455. The van der Waals surface area contributed by atoms with Gasteiger partial charge in [-0.1, -0.05) is 12.1 Å². The van der Waals surface area contributed by atoms with E-state index in [1.165, 1.54) is 11.3 Å². The van der Waals surface area contributed by atoms with E-state index in [0.29, 0.717) is 0 Å². The molecule has 14 heavy (non-hydrogen) atoms. The van der Waals surface area contributed by atoms with Gasteiger partial charge in [0, 0.05) is 25.0 Å². The number of hydrogen-bond donors (Lipinski definition) is 2. The van der Waals surface area contributed by atoms with Crippen LogP contribution in [0.3, 0.4) is 0 Å². The summed E-state index contributed by atoms with van der Waals surface area (Å²) in [6.07, 6.45) is 1.04. The fourth-order valence-corrected chi connectivity index (χ4v) is 1.88. The molecular weight excluding hydrogens is 210 g/mol. The van der Waals surface area contributed by atoms with Crippen molar-refractivity contribution in [3.05, 3.63) is 29.8 Å². The highest BCUT2D eigenvalue weighted by Gasteiger charge is 1.98. The summed E-state index contributed by atoms with van der Waals surface area (Å²) in [6.45, 7) is 0.981. The van der Waals surface area contributed by atoms with Crippen LogP contribution < -0.4 is 4.90 Å². The summed E-state index contributed by atoms with van der Waals surface area (Å²) in [5, 5.41) is 0. The van der Waals surface area contributed by atoms with Gasteiger partial charge in [0.2, 0.25) is 0 Å². The first kappa shape index (κ1) is 11.8. The van der Waals surface area contributed by atoms with Crippen LogP contribution in [0.5, 0.6) is 0 Å². The molecule has 0 unspecified atom stereocenters. The normalized spacial score (nSPS) is 10.2. The number of rotatable bonds is 5. The number of nitrogens with zero attached hydrogens (tertiary/aromatic N) is 1. The van der Waals surface area contributed by atoms with Crippen molar-refractivity contribution in [3.8, 4) is 0 Å². The van der Waals surface area contributed by atoms with Gasteiger partial charge in [-0.05, 0) is 29.9 Å². The molecule has 0 spiro atoms. The first-order chi connectivity index (χ1) is 6.77. The van der Waals surface area contributed by atoms with Crippen LogP contribution in [0.25, 0.3) is 0 Å². The maximum Gasteiger partial charge on any atom is 0.0364 e. The average Bonchev–Trinajstić information content (AvgIpc) is 2.20. The average molecular weight is 227 g/mol. The lowest BCUT2D eigenvalue weighted by atomic mass is 10.1. The zero-order chi connectivity index (χ0) is 10.4. The number of anilines is 1. The highest BCUT2D eigenvalue weighted by molar-refractivity contribution is 7.80. The van der Waals surface area contributed by atoms with E-state index < -0.39 is 0 Å². The van der Waals surface area contributed by atoms with Crippen LogP contribution in [-0.4, -0.2) is 25.1 Å². The van der Waals surface area contributed by atoms with Crippen molar-refractivity contribution < 1.29 is 0 Å². The molecule has 0 aliphatic rings. The number of hydrogen-bond acceptors (Lipinski definition) is 3. The molecule has 0 heterocycles. The van der Waals surface area contributed by atoms with Gasteiger partial charge in [-0.3, -0.25) is 0 Å². The van der Waals surface area contributed by atoms with Crippen LogP contribution in [0.4, 0.5) is 5.69 Å². The second-order valence-electron chi connectivity index (χ2n) is 3.29. The predicted octanol–water partition coefficient (Wildman–Crippen LogP) is 2.52. The van der Waals surface area contributed by atoms with Gasteiger partial charge in [0.15, 0.2) is 0 Å². The molecule has 1 rings (SSSR count). The summed E-state index contributed by atoms with van der Waals surface area (Å²) >= 11 is 8.42. The van der Waals surface area contributed by atoms with Crippen molar-refractivity contribution >= 4 is 30.9 Å². The van der Waals surface area contributed by atoms with E-state index in [-0.39, 0.29) is 0 Å². The monoisotopic (exact) mass is 227 g/mol. The molecule has 0 aliphatic heterocycles. The zero-order valence-corrected chi connectivity index (χ0v) is 10.3. The van der Waals surface area contributed by atoms with Crippen LogP contribution in [0.2, 0.25) is 0 Å². The van der Waals surface area contributed by atoms with E-state index in [1.807, 2.05) is 0 Å². The van der Waals surface area contributed by atoms with Crippen molar-refractivity contribution in [1.82, 2.24) is 0 Å². The third-order valence-electron chi connectivity index (χ3n) is 2.21. The smallest absolute Gasteiger partial charge is 0.0364 e. The van der Waals surface area contributed by atoms with Crippen LogP contribution in [-0.2, 0) is 6.42 Å². The van der Waals surface area contributed by atoms with Gasteiger partial charge in [-0.15, -0.1) is 0 Å². The summed E-state index contributed by atoms with van der Waals surface area (Å²) in [5.74, 6) is 1.79. The lowest BCUT2D eigenvalue weighted by Gasteiger charge is -2.18. The van der Waals surface area contributed by atoms with E-state index >= 15 is 0 Å². The van der Waals surface area contributed by atoms with E-state index in [2.05, 4.69) is 61.5 Å². The Kier molecular flexibility index (Phi) is 5.26. The van der Waals surface area contributed by atoms with Gasteiger partial charge in [0.1, 0.15) is 0 Å². The second-order valence-corrected chi connectivity index (χ2v) is 4.18. The molecule has 3 heteroatoms. The molecular formula is C11H17NS2. The second kappa shape index (κ2) is 6.25. The van der Waals surface area contributed by atoms with Gasteiger partial charge in [-0.25, -0.2) is 0 Å². The van der Waals surface area contributed by atoms with E-state index in [9.17, 15) is 0 Å². The Morgan fingerprint density at radius 1 is 1.07 bits per heavy atom. The van der Waals surface area contributed by atoms with Gasteiger partial charge in [0.05, 0.1) is 0 Å². The highest BCUT2D eigenvalue weighted by Crippen LogP contribution is 2.14. The molecule has 0 saturated heterocycles. The largest absolute Gasteiger partial charge is 0.374 e. The molecule has 0 aromatic heterocycles. The summed E-state index contributed by atoms with van der Waals surface area (Å²) in [6, 6.07) is 8.64. The van der Waals surface area contributed by atoms with Crippen molar-refractivity contribution in [1.29, 1.82) is 0 Å². The Morgan fingerprint density at radius 3 is 2.21 bits per heavy atom. The molecule has 0 atom stereocenters. The minimum absolute atomic E-state index is 0.884. The minimum atomic E-state index is 0.884. The number of aryl methyl sites for hydroxylation is 1. The summed E-state index contributed by atoms with van der Waals surface area (Å²) in [7, 11) is 2.09. The Morgan fingerprint density at radius 2 is 1.71 bits per heavy atom. The Hall–Kier alpha value is -0.280. The van der Waals surface area contributed by atoms with Gasteiger partial charge >= 0.3 is 0 Å². The zero-order valence-electron chi connectivity index (χ0n) is 8.48. The molecule has 0 amide bonds. The summed E-state index contributed by atoms with van der Waals surface area (Å²) in [5.41, 5.74) is 2.60. The van der Waals surface area contributed by atoms with Crippen LogP contribution in [0.1, 0.15) is 5.56 Å². The maximum absolute atomic E-state index is 4.21. The van der Waals surface area contributed by atoms with Gasteiger partial charge in [0.25, 0.3) is 0 Å². The summed E-state index contributed by atoms with van der Waals surface area (Å²) in [4.78, 5) is 2.21. The van der Waals surface area contributed by atoms with Gasteiger partial charge < -0.3 is 4.90 Å². The minimum Gasteiger partial charge on any atom is -0.374 e. The standard InChI is InChI=1S/C11H17NS2/c1-12(7-9-14)11-4-2-10(3-5-11)6-8-13/h2-5,13-14H,6-9H2,1H3. The summed E-state index contributed by atoms with van der Waals surface area (Å²) < 4.78 is 0. The number of thiol groups is 2. The topological polar surface area (TPSA) is 3.24 Å². The van der Waals surface area contributed by atoms with E-state index in [1.54, 1.807) is 0 Å². The lowest BCUT2D eigenvalue weighted by Crippen LogP contribution is -2.19. The first-order valence-corrected chi connectivity index (χ1v) is 6.06. The molecule has 0 N–H and O–H groups in total. The van der Waals surface area contributed by atoms with Gasteiger partial charge in [-0.2, -0.15) is 25.3 Å². The van der Waals surface area contributed by atoms with Crippen LogP contribution in [0, 0.1) is 0 Å². The molecule has 78 valence electrons. The third kappa shape index (κ3) is 3.46. The maximum atomic E-state index is 4.21. The van der Waals surface area contributed by atoms with Crippen LogP contribution >= 0.6 is 25.3 Å². The lowest BCUT2D eigenvalue weighted by molar-refractivity contribution is 0.978. The molecule has 1 nitrogen and oxygen atoms in total. The molecule has 0 radical (unpaired) electrons. The quantitative estimate of drug-likeness (QED) is 0.731. The Labute approximate surface area is 97.3 Å². The third-order valence-corrected chi connectivity index (χ3v) is 2.64. The van der Waals surface area contributed by atoms with Crippen molar-refractivity contribution in [2.75, 3.05) is 30.0 Å². The van der Waals surface area contributed by atoms with Crippen molar-refractivity contribution in [2.24, 2.45) is 0 Å². The SMILES string of the molecule is CN(CCS)c1ccc(CCS)cc1. The van der Waals surface area contributed by atoms with Crippen molar-refractivity contribution in [3.63, 3.8) is 0 Å². The van der Waals surface area contributed by atoms with Crippen molar-refractivity contribution in [2.45, 2.75) is 6.42 Å². The van der Waals surface area contributed by atoms with E-state index in [4.69, 9.17) is 0 Å². The molecule has 1 aromatic rings. The Balaban J connectivity index is 2.62. The molecule has 1 aromatic carbocycles. The molecule has 0 bridgehead atoms. The first-order valence-electron chi connectivity index (χ1n) is 4.79. The van der Waals surface area contributed by atoms with Crippen LogP contribution in [0.15, 0.2) is 24.3 Å². The Bertz CT molecular complexity index is 258. The highest BCUT2D eigenvalue weighted by atomic mass is 32.1. The predicted molar refractivity (Wildman–Crippen MR) is 71.1 cm³/mol. The van der Waals surface area contributed by atoms with E-state index in [0.717, 1.165) is 24.5 Å². The molecule has 0 fully saturated rings.